The first-order valence-corrected chi connectivity index (χ1v) is 6.21. The van der Waals surface area contributed by atoms with E-state index in [1.807, 2.05) is 0 Å². The molecule has 19 heavy (non-hydrogen) atoms. The van der Waals surface area contributed by atoms with E-state index in [4.69, 9.17) is 0 Å². The molecule has 2 rings (SSSR count). The molecule has 1 saturated carbocycles. The second-order valence-electron chi connectivity index (χ2n) is 4.39. The summed E-state index contributed by atoms with van der Waals surface area (Å²) in [6, 6.07) is 6.23. The highest BCUT2D eigenvalue weighted by Crippen LogP contribution is 2.18. The maximum atomic E-state index is 11.9. The van der Waals surface area contributed by atoms with Crippen molar-refractivity contribution in [3.05, 3.63) is 29.8 Å². The summed E-state index contributed by atoms with van der Waals surface area (Å²) in [7, 11) is 0. The summed E-state index contributed by atoms with van der Waals surface area (Å²) in [5.74, 6) is -0.178. The first kappa shape index (κ1) is 13.7. The Kier molecular flexibility index (Phi) is 4.68. The molecule has 0 aromatic heterocycles. The molecule has 104 valence electrons. The predicted octanol–water partition coefficient (Wildman–Crippen LogP) is 1.77. The number of hydrogen-bond donors (Lipinski definition) is 2. The number of benzene rings is 1. The van der Waals surface area contributed by atoms with Gasteiger partial charge in [0.25, 0.3) is 5.91 Å². The first-order valence-electron chi connectivity index (χ1n) is 6.21. The van der Waals surface area contributed by atoms with E-state index in [-0.39, 0.29) is 11.7 Å². The number of alkyl halides is 2. The fourth-order valence-corrected chi connectivity index (χ4v) is 1.63. The Morgan fingerprint density at radius 2 is 1.95 bits per heavy atom. The van der Waals surface area contributed by atoms with E-state index in [9.17, 15) is 13.6 Å². The van der Waals surface area contributed by atoms with Gasteiger partial charge in [0.15, 0.2) is 0 Å². The molecular formula is C13H16F2N2O2. The lowest BCUT2D eigenvalue weighted by Crippen LogP contribution is -2.32. The van der Waals surface area contributed by atoms with Crippen LogP contribution in [0.25, 0.3) is 0 Å². The van der Waals surface area contributed by atoms with Crippen LogP contribution in [0.1, 0.15) is 23.2 Å². The summed E-state index contributed by atoms with van der Waals surface area (Å²) in [6.07, 6.45) is 2.42. The lowest BCUT2D eigenvalue weighted by molar-refractivity contribution is -0.0498. The average molecular weight is 270 g/mol. The molecule has 2 N–H and O–H groups in total. The number of amides is 1. The van der Waals surface area contributed by atoms with Gasteiger partial charge in [-0.05, 0) is 37.1 Å². The molecule has 1 aliphatic carbocycles. The molecule has 0 heterocycles. The molecule has 0 bridgehead atoms. The van der Waals surface area contributed by atoms with E-state index < -0.39 is 6.61 Å². The van der Waals surface area contributed by atoms with Crippen LogP contribution < -0.4 is 15.4 Å². The first-order chi connectivity index (χ1) is 9.15. The second kappa shape index (κ2) is 6.47. The van der Waals surface area contributed by atoms with Crippen LogP contribution in [-0.4, -0.2) is 31.7 Å². The summed E-state index contributed by atoms with van der Waals surface area (Å²) in [5.41, 5.74) is 0.424. The van der Waals surface area contributed by atoms with Crippen molar-refractivity contribution in [3.63, 3.8) is 0 Å². The van der Waals surface area contributed by atoms with Gasteiger partial charge in [0, 0.05) is 24.7 Å². The zero-order chi connectivity index (χ0) is 13.7. The third kappa shape index (κ3) is 4.82. The minimum Gasteiger partial charge on any atom is -0.435 e. The standard InChI is InChI=1S/C13H16F2N2O2/c14-13(15)19-11-5-1-9(2-6-11)12(18)17-8-7-16-10-3-4-10/h1-2,5-6,10,13,16H,3-4,7-8H2,(H,17,18). The molecule has 1 aliphatic rings. The lowest BCUT2D eigenvalue weighted by atomic mass is 10.2. The Bertz CT molecular complexity index is 419. The number of ether oxygens (including phenoxy) is 1. The van der Waals surface area contributed by atoms with Gasteiger partial charge < -0.3 is 15.4 Å². The lowest BCUT2D eigenvalue weighted by Gasteiger charge is -2.07. The van der Waals surface area contributed by atoms with Gasteiger partial charge in [-0.15, -0.1) is 0 Å². The molecule has 6 heteroatoms. The summed E-state index contributed by atoms with van der Waals surface area (Å²) < 4.78 is 28.1. The second-order valence-corrected chi connectivity index (χ2v) is 4.39. The van der Waals surface area contributed by atoms with Gasteiger partial charge in [0.2, 0.25) is 0 Å². The number of carbonyl (C=O) groups excluding carboxylic acids is 1. The smallest absolute Gasteiger partial charge is 0.387 e. The van der Waals surface area contributed by atoms with E-state index in [1.165, 1.54) is 37.1 Å². The minimum atomic E-state index is -2.85. The molecule has 0 unspecified atom stereocenters. The predicted molar refractivity (Wildman–Crippen MR) is 66.4 cm³/mol. The third-order valence-electron chi connectivity index (χ3n) is 2.76. The van der Waals surface area contributed by atoms with Crippen LogP contribution in [0, 0.1) is 0 Å². The highest BCUT2D eigenvalue weighted by Gasteiger charge is 2.19. The molecule has 1 aromatic carbocycles. The van der Waals surface area contributed by atoms with Crippen LogP contribution in [-0.2, 0) is 0 Å². The molecule has 0 aliphatic heterocycles. The zero-order valence-electron chi connectivity index (χ0n) is 10.4. The number of nitrogens with one attached hydrogen (secondary N) is 2. The highest BCUT2D eigenvalue weighted by molar-refractivity contribution is 5.94. The van der Waals surface area contributed by atoms with E-state index >= 15 is 0 Å². The van der Waals surface area contributed by atoms with Gasteiger partial charge >= 0.3 is 6.61 Å². The van der Waals surface area contributed by atoms with Crippen LogP contribution in [0.3, 0.4) is 0 Å². The fourth-order valence-electron chi connectivity index (χ4n) is 1.63. The van der Waals surface area contributed by atoms with Gasteiger partial charge in [0.1, 0.15) is 5.75 Å². The Balaban J connectivity index is 1.74. The normalized spacial score (nSPS) is 14.5. The monoisotopic (exact) mass is 270 g/mol. The quantitative estimate of drug-likeness (QED) is 0.742. The fraction of sp³-hybridized carbons (Fsp3) is 0.462. The minimum absolute atomic E-state index is 0.0435. The number of carbonyl (C=O) groups is 1. The van der Waals surface area contributed by atoms with Crippen molar-refractivity contribution in [2.45, 2.75) is 25.5 Å². The van der Waals surface area contributed by atoms with Crippen molar-refractivity contribution in [2.24, 2.45) is 0 Å². The summed E-state index contributed by atoms with van der Waals surface area (Å²) in [5, 5.41) is 6.03. The molecule has 1 aromatic rings. The molecule has 1 amide bonds. The average Bonchev–Trinajstić information content (AvgIpc) is 3.18. The SMILES string of the molecule is O=C(NCCNC1CC1)c1ccc(OC(F)F)cc1. The van der Waals surface area contributed by atoms with E-state index in [2.05, 4.69) is 15.4 Å². The van der Waals surface area contributed by atoms with Crippen molar-refractivity contribution in [1.82, 2.24) is 10.6 Å². The topological polar surface area (TPSA) is 50.4 Å². The van der Waals surface area contributed by atoms with Crippen molar-refractivity contribution < 1.29 is 18.3 Å². The Hall–Kier alpha value is -1.69. The molecular weight excluding hydrogens is 254 g/mol. The van der Waals surface area contributed by atoms with Gasteiger partial charge in [-0.25, -0.2) is 0 Å². The molecule has 0 radical (unpaired) electrons. The van der Waals surface area contributed by atoms with Crippen LogP contribution in [0.15, 0.2) is 24.3 Å². The van der Waals surface area contributed by atoms with Gasteiger partial charge in [-0.2, -0.15) is 8.78 Å². The molecule has 0 spiro atoms. The van der Waals surface area contributed by atoms with Crippen LogP contribution in [0.4, 0.5) is 8.78 Å². The molecule has 1 fully saturated rings. The van der Waals surface area contributed by atoms with Crippen molar-refractivity contribution in [1.29, 1.82) is 0 Å². The van der Waals surface area contributed by atoms with E-state index in [0.29, 0.717) is 18.2 Å². The summed E-state index contributed by atoms with van der Waals surface area (Å²) >= 11 is 0. The highest BCUT2D eigenvalue weighted by atomic mass is 19.3. The molecule has 0 atom stereocenters. The maximum Gasteiger partial charge on any atom is 0.387 e. The Morgan fingerprint density at radius 1 is 1.26 bits per heavy atom. The van der Waals surface area contributed by atoms with Gasteiger partial charge in [-0.3, -0.25) is 4.79 Å². The zero-order valence-corrected chi connectivity index (χ0v) is 10.4. The van der Waals surface area contributed by atoms with Crippen molar-refractivity contribution in [2.75, 3.05) is 13.1 Å². The third-order valence-corrected chi connectivity index (χ3v) is 2.76. The number of hydrogen-bond acceptors (Lipinski definition) is 3. The van der Waals surface area contributed by atoms with Crippen molar-refractivity contribution in [3.8, 4) is 5.75 Å². The van der Waals surface area contributed by atoms with Gasteiger partial charge in [0.05, 0.1) is 0 Å². The summed E-state index contributed by atoms with van der Waals surface area (Å²) in [4.78, 5) is 11.7. The molecule has 4 nitrogen and oxygen atoms in total. The maximum absolute atomic E-state index is 11.9. The van der Waals surface area contributed by atoms with Crippen molar-refractivity contribution >= 4 is 5.91 Å². The van der Waals surface area contributed by atoms with Crippen LogP contribution >= 0.6 is 0 Å². The number of halogens is 2. The largest absolute Gasteiger partial charge is 0.435 e. The van der Waals surface area contributed by atoms with E-state index in [0.717, 1.165) is 6.54 Å². The number of rotatable bonds is 7. The Labute approximate surface area is 110 Å². The van der Waals surface area contributed by atoms with Gasteiger partial charge in [-0.1, -0.05) is 0 Å². The van der Waals surface area contributed by atoms with E-state index in [1.54, 1.807) is 0 Å². The van der Waals surface area contributed by atoms with Crippen LogP contribution in [0.2, 0.25) is 0 Å². The van der Waals surface area contributed by atoms with Crippen LogP contribution in [0.5, 0.6) is 5.75 Å². The molecule has 0 saturated heterocycles. The summed E-state index contributed by atoms with van der Waals surface area (Å²) in [6.45, 7) is -1.57. The Morgan fingerprint density at radius 3 is 2.53 bits per heavy atom.